The first-order valence-corrected chi connectivity index (χ1v) is 12.5. The van der Waals surface area contributed by atoms with Crippen LogP contribution in [0.25, 0.3) is 11.0 Å². The molecule has 7 heteroatoms. The Labute approximate surface area is 192 Å². The molecule has 1 saturated heterocycles. The number of carbonyl (C=O) groups is 2. The summed E-state index contributed by atoms with van der Waals surface area (Å²) >= 11 is 1.44. The van der Waals surface area contributed by atoms with Gasteiger partial charge in [-0.1, -0.05) is 18.6 Å². The Kier molecular flexibility index (Phi) is 6.17. The summed E-state index contributed by atoms with van der Waals surface area (Å²) in [7, 11) is 0. The van der Waals surface area contributed by atoms with E-state index in [1.165, 1.54) is 31.0 Å². The Hall–Kier alpha value is -2.80. The molecule has 3 aromatic rings. The van der Waals surface area contributed by atoms with Gasteiger partial charge in [-0.15, -0.1) is 11.8 Å². The van der Waals surface area contributed by atoms with Gasteiger partial charge in [-0.3, -0.25) is 9.59 Å². The van der Waals surface area contributed by atoms with E-state index in [1.54, 1.807) is 0 Å². The highest BCUT2D eigenvalue weighted by Crippen LogP contribution is 2.27. The van der Waals surface area contributed by atoms with Gasteiger partial charge in [0.2, 0.25) is 5.91 Å². The third-order valence-corrected chi connectivity index (χ3v) is 7.37. The number of benzene rings is 2. The fourth-order valence-electron chi connectivity index (χ4n) is 4.60. The molecule has 2 aliphatic heterocycles. The van der Waals surface area contributed by atoms with Crippen LogP contribution in [0, 0.1) is 0 Å². The number of amides is 2. The Morgan fingerprint density at radius 3 is 2.66 bits per heavy atom. The van der Waals surface area contributed by atoms with Crippen LogP contribution in [0.4, 0.5) is 5.69 Å². The number of nitrogens with zero attached hydrogens (tertiary/aromatic N) is 3. The largest absolute Gasteiger partial charge is 0.342 e. The summed E-state index contributed by atoms with van der Waals surface area (Å²) < 4.78 is 2.32. The van der Waals surface area contributed by atoms with E-state index in [0.717, 1.165) is 66.3 Å². The van der Waals surface area contributed by atoms with E-state index < -0.39 is 0 Å². The predicted molar refractivity (Wildman–Crippen MR) is 128 cm³/mol. The number of fused-ring (bicyclic) bond motifs is 3. The second kappa shape index (κ2) is 9.36. The maximum atomic E-state index is 13.1. The first kappa shape index (κ1) is 21.1. The number of aromatic nitrogens is 2. The maximum absolute atomic E-state index is 13.1. The summed E-state index contributed by atoms with van der Waals surface area (Å²) in [4.78, 5) is 33.0. The summed E-state index contributed by atoms with van der Waals surface area (Å²) in [6.07, 6.45) is 6.80. The Morgan fingerprint density at radius 2 is 1.78 bits per heavy atom. The molecule has 1 N–H and O–H groups in total. The van der Waals surface area contributed by atoms with E-state index >= 15 is 0 Å². The number of carbonyl (C=O) groups excluding carboxylic acids is 2. The van der Waals surface area contributed by atoms with E-state index in [4.69, 9.17) is 4.98 Å². The second-order valence-electron chi connectivity index (χ2n) is 8.52. The molecule has 32 heavy (non-hydrogen) atoms. The summed E-state index contributed by atoms with van der Waals surface area (Å²) in [5, 5.41) is 3.03. The number of thioether (sulfide) groups is 1. The smallest absolute Gasteiger partial charge is 0.256 e. The van der Waals surface area contributed by atoms with Crippen LogP contribution in [-0.2, 0) is 17.8 Å². The topological polar surface area (TPSA) is 67.2 Å². The number of imidazole rings is 1. The zero-order valence-electron chi connectivity index (χ0n) is 18.2. The molecule has 5 rings (SSSR count). The van der Waals surface area contributed by atoms with Crippen molar-refractivity contribution in [1.29, 1.82) is 0 Å². The first-order chi connectivity index (χ1) is 15.7. The zero-order valence-corrected chi connectivity index (χ0v) is 19.0. The number of nitrogens with one attached hydrogen (secondary N) is 1. The lowest BCUT2D eigenvalue weighted by atomic mass is 10.2. The van der Waals surface area contributed by atoms with Crippen molar-refractivity contribution in [3.8, 4) is 0 Å². The molecular weight excluding hydrogens is 420 g/mol. The zero-order chi connectivity index (χ0) is 21.9. The minimum absolute atomic E-state index is 0.146. The molecule has 2 aromatic carbocycles. The number of hydrogen-bond donors (Lipinski definition) is 1. The number of hydrogen-bond acceptors (Lipinski definition) is 4. The summed E-state index contributed by atoms with van der Waals surface area (Å²) in [6.45, 7) is 2.71. The molecule has 0 atom stereocenters. The Morgan fingerprint density at radius 1 is 0.969 bits per heavy atom. The fraction of sp³-hybridized carbons (Fsp3) is 0.400. The summed E-state index contributed by atoms with van der Waals surface area (Å²) in [5.41, 5.74) is 3.39. The van der Waals surface area contributed by atoms with Gasteiger partial charge in [0, 0.05) is 36.6 Å². The molecule has 1 aromatic heterocycles. The Balaban J connectivity index is 1.30. The van der Waals surface area contributed by atoms with Crippen LogP contribution in [0.5, 0.6) is 0 Å². The second-order valence-corrected chi connectivity index (χ2v) is 9.54. The van der Waals surface area contributed by atoms with Gasteiger partial charge in [0.1, 0.15) is 5.82 Å². The van der Waals surface area contributed by atoms with E-state index in [-0.39, 0.29) is 11.8 Å². The quantitative estimate of drug-likeness (QED) is 0.573. The molecule has 6 nitrogen and oxygen atoms in total. The van der Waals surface area contributed by atoms with Gasteiger partial charge in [0.15, 0.2) is 0 Å². The monoisotopic (exact) mass is 448 g/mol. The third kappa shape index (κ3) is 4.39. The molecule has 1 fully saturated rings. The van der Waals surface area contributed by atoms with Crippen LogP contribution in [0.1, 0.15) is 48.3 Å². The minimum Gasteiger partial charge on any atom is -0.342 e. The highest BCUT2D eigenvalue weighted by atomic mass is 32.2. The van der Waals surface area contributed by atoms with Crippen LogP contribution < -0.4 is 5.32 Å². The minimum atomic E-state index is -0.165. The molecule has 0 saturated carbocycles. The van der Waals surface area contributed by atoms with Gasteiger partial charge < -0.3 is 14.8 Å². The van der Waals surface area contributed by atoms with Crippen LogP contribution in [0.15, 0.2) is 47.4 Å². The van der Waals surface area contributed by atoms with Gasteiger partial charge in [0.25, 0.3) is 5.91 Å². The molecule has 0 unspecified atom stereocenters. The summed E-state index contributed by atoms with van der Waals surface area (Å²) in [6, 6.07) is 13.5. The maximum Gasteiger partial charge on any atom is 0.256 e. The normalized spacial score (nSPS) is 16.1. The van der Waals surface area contributed by atoms with Gasteiger partial charge in [-0.05, 0) is 56.0 Å². The van der Waals surface area contributed by atoms with E-state index in [0.29, 0.717) is 11.3 Å². The van der Waals surface area contributed by atoms with Crippen LogP contribution in [-0.4, -0.2) is 45.1 Å². The van der Waals surface area contributed by atoms with Crippen molar-refractivity contribution in [2.24, 2.45) is 0 Å². The van der Waals surface area contributed by atoms with E-state index in [1.807, 2.05) is 41.3 Å². The molecular formula is C25H28N4O2S. The predicted octanol–water partition coefficient (Wildman–Crippen LogP) is 4.73. The fourth-order valence-corrected chi connectivity index (χ4v) is 5.56. The third-order valence-electron chi connectivity index (χ3n) is 6.31. The molecule has 2 amide bonds. The van der Waals surface area contributed by atoms with Crippen LogP contribution in [0.2, 0.25) is 0 Å². The highest BCUT2D eigenvalue weighted by Gasteiger charge is 2.20. The number of rotatable bonds is 5. The average Bonchev–Trinajstić information content (AvgIpc) is 3.40. The van der Waals surface area contributed by atoms with Crippen molar-refractivity contribution in [2.75, 3.05) is 24.2 Å². The van der Waals surface area contributed by atoms with Gasteiger partial charge >= 0.3 is 0 Å². The molecule has 0 bridgehead atoms. The molecule has 3 heterocycles. The lowest BCUT2D eigenvalue weighted by Crippen LogP contribution is -2.29. The number of likely N-dealkylation sites (tertiary alicyclic amines) is 1. The van der Waals surface area contributed by atoms with Crippen LogP contribution >= 0.6 is 11.8 Å². The van der Waals surface area contributed by atoms with Crippen molar-refractivity contribution in [1.82, 2.24) is 14.5 Å². The number of anilines is 1. The van der Waals surface area contributed by atoms with E-state index in [2.05, 4.69) is 16.0 Å². The van der Waals surface area contributed by atoms with E-state index in [9.17, 15) is 9.59 Å². The highest BCUT2D eigenvalue weighted by molar-refractivity contribution is 8.00. The molecule has 0 spiro atoms. The average molecular weight is 449 g/mol. The van der Waals surface area contributed by atoms with Gasteiger partial charge in [-0.25, -0.2) is 4.98 Å². The lowest BCUT2D eigenvalue weighted by molar-refractivity contribution is -0.127. The van der Waals surface area contributed by atoms with Crippen LogP contribution in [0.3, 0.4) is 0 Å². The van der Waals surface area contributed by atoms with Crippen molar-refractivity contribution in [3.63, 3.8) is 0 Å². The number of aryl methyl sites for hydroxylation is 2. The van der Waals surface area contributed by atoms with Gasteiger partial charge in [0.05, 0.1) is 22.3 Å². The molecule has 166 valence electrons. The molecule has 0 aliphatic carbocycles. The van der Waals surface area contributed by atoms with Crippen molar-refractivity contribution >= 4 is 40.3 Å². The summed E-state index contributed by atoms with van der Waals surface area (Å²) in [5.74, 6) is 1.48. The first-order valence-electron chi connectivity index (χ1n) is 11.5. The SMILES string of the molecule is O=C(Nc1ccc2c(c1)nc1n2CCCCC1)c1ccccc1SCC(=O)N1CCCC1. The van der Waals surface area contributed by atoms with Gasteiger partial charge in [-0.2, -0.15) is 0 Å². The molecule has 2 aliphatic rings. The molecule has 0 radical (unpaired) electrons. The van der Waals surface area contributed by atoms with Crippen molar-refractivity contribution in [2.45, 2.75) is 50.0 Å². The lowest BCUT2D eigenvalue weighted by Gasteiger charge is -2.15. The standard InChI is InChI=1S/C25H28N4O2S/c30-24(28-13-6-7-14-28)17-32-22-9-4-3-8-19(22)25(31)26-18-11-12-21-20(16-18)27-23-10-2-1-5-15-29(21)23/h3-4,8-9,11-12,16H,1-2,5-7,10,13-15,17H2,(H,26,31). The Bertz CT molecular complexity index is 1150. The van der Waals surface area contributed by atoms with Crippen molar-refractivity contribution < 1.29 is 9.59 Å². The van der Waals surface area contributed by atoms with Crippen molar-refractivity contribution in [3.05, 3.63) is 53.9 Å².